The molecule has 0 fully saturated rings. The van der Waals surface area contributed by atoms with E-state index in [2.05, 4.69) is 5.32 Å². The Morgan fingerprint density at radius 2 is 2.20 bits per heavy atom. The molecular formula is C7H11NO2. The van der Waals surface area contributed by atoms with E-state index in [1.165, 1.54) is 0 Å². The molecule has 0 unspecified atom stereocenters. The SMILES string of the molecule is CC1=CC(C)(C)NC(=O)O1. The molecule has 0 aromatic carbocycles. The second-order valence-corrected chi connectivity index (χ2v) is 2.99. The maximum absolute atomic E-state index is 10.7. The number of cyclic esters (lactones) is 1. The summed E-state index contributed by atoms with van der Waals surface area (Å²) < 4.78 is 4.73. The Morgan fingerprint density at radius 1 is 1.60 bits per heavy atom. The summed E-state index contributed by atoms with van der Waals surface area (Å²) in [6.45, 7) is 5.59. The summed E-state index contributed by atoms with van der Waals surface area (Å²) in [7, 11) is 0. The molecule has 10 heavy (non-hydrogen) atoms. The summed E-state index contributed by atoms with van der Waals surface area (Å²) in [6, 6.07) is 0. The third-order valence-electron chi connectivity index (χ3n) is 1.24. The summed E-state index contributed by atoms with van der Waals surface area (Å²) in [5.41, 5.74) is -0.264. The number of rotatable bonds is 0. The highest BCUT2D eigenvalue weighted by atomic mass is 16.6. The number of nitrogens with one attached hydrogen (secondary N) is 1. The second kappa shape index (κ2) is 2.01. The van der Waals surface area contributed by atoms with E-state index in [9.17, 15) is 4.79 Å². The van der Waals surface area contributed by atoms with Crippen LogP contribution in [-0.2, 0) is 4.74 Å². The van der Waals surface area contributed by atoms with Gasteiger partial charge in [0.05, 0.1) is 5.54 Å². The lowest BCUT2D eigenvalue weighted by Crippen LogP contribution is -2.45. The summed E-state index contributed by atoms with van der Waals surface area (Å²) in [6.07, 6.45) is 1.50. The van der Waals surface area contributed by atoms with Crippen LogP contribution in [0, 0.1) is 0 Å². The summed E-state index contributed by atoms with van der Waals surface area (Å²) in [5.74, 6) is 0.661. The molecule has 0 aromatic heterocycles. The van der Waals surface area contributed by atoms with Gasteiger partial charge in [-0.1, -0.05) is 0 Å². The van der Waals surface area contributed by atoms with Gasteiger partial charge in [0.15, 0.2) is 0 Å². The lowest BCUT2D eigenvalue weighted by molar-refractivity contribution is 0.158. The van der Waals surface area contributed by atoms with E-state index < -0.39 is 0 Å². The van der Waals surface area contributed by atoms with Crippen molar-refractivity contribution in [3.63, 3.8) is 0 Å². The van der Waals surface area contributed by atoms with Gasteiger partial charge in [-0.05, 0) is 26.8 Å². The minimum Gasteiger partial charge on any atom is -0.415 e. The fourth-order valence-electron chi connectivity index (χ4n) is 1.01. The number of allylic oxidation sites excluding steroid dienone is 1. The first-order chi connectivity index (χ1) is 4.49. The Kier molecular flexibility index (Phi) is 1.43. The zero-order valence-electron chi connectivity index (χ0n) is 6.39. The predicted octanol–water partition coefficient (Wildman–Crippen LogP) is 1.41. The van der Waals surface area contributed by atoms with Gasteiger partial charge >= 0.3 is 6.09 Å². The Labute approximate surface area is 60.1 Å². The molecule has 0 saturated heterocycles. The molecule has 3 heteroatoms. The fraction of sp³-hybridized carbons (Fsp3) is 0.571. The maximum Gasteiger partial charge on any atom is 0.412 e. The lowest BCUT2D eigenvalue weighted by atomic mass is 10.0. The minimum atomic E-state index is -0.370. The van der Waals surface area contributed by atoms with Crippen molar-refractivity contribution in [2.45, 2.75) is 26.3 Å². The largest absolute Gasteiger partial charge is 0.415 e. The van der Waals surface area contributed by atoms with Crippen LogP contribution < -0.4 is 5.32 Å². The van der Waals surface area contributed by atoms with Crippen LogP contribution in [0.25, 0.3) is 0 Å². The van der Waals surface area contributed by atoms with Gasteiger partial charge in [0.1, 0.15) is 5.76 Å². The quantitative estimate of drug-likeness (QED) is 0.554. The molecule has 0 radical (unpaired) electrons. The van der Waals surface area contributed by atoms with E-state index in [0.29, 0.717) is 5.76 Å². The van der Waals surface area contributed by atoms with Gasteiger partial charge in [0.25, 0.3) is 0 Å². The predicted molar refractivity (Wildman–Crippen MR) is 37.5 cm³/mol. The number of carbonyl (C=O) groups is 1. The third-order valence-corrected chi connectivity index (χ3v) is 1.24. The number of ether oxygens (including phenoxy) is 1. The smallest absolute Gasteiger partial charge is 0.412 e. The van der Waals surface area contributed by atoms with E-state index in [1.54, 1.807) is 6.92 Å². The molecule has 0 bridgehead atoms. The van der Waals surface area contributed by atoms with E-state index in [0.717, 1.165) is 0 Å². The number of hydrogen-bond acceptors (Lipinski definition) is 2. The maximum atomic E-state index is 10.7. The third kappa shape index (κ3) is 1.50. The molecule has 1 aliphatic rings. The average molecular weight is 141 g/mol. The number of carbonyl (C=O) groups excluding carboxylic acids is 1. The van der Waals surface area contributed by atoms with Crippen molar-refractivity contribution in [1.82, 2.24) is 5.32 Å². The molecule has 0 aliphatic carbocycles. The van der Waals surface area contributed by atoms with Crippen molar-refractivity contribution in [2.24, 2.45) is 0 Å². The molecule has 1 amide bonds. The first-order valence-electron chi connectivity index (χ1n) is 3.19. The molecule has 1 N–H and O–H groups in total. The van der Waals surface area contributed by atoms with Crippen molar-refractivity contribution in [3.8, 4) is 0 Å². The summed E-state index contributed by atoms with van der Waals surface area (Å²) >= 11 is 0. The van der Waals surface area contributed by atoms with E-state index >= 15 is 0 Å². The Bertz CT molecular complexity index is 194. The summed E-state index contributed by atoms with van der Waals surface area (Å²) in [4.78, 5) is 10.7. The van der Waals surface area contributed by atoms with E-state index in [-0.39, 0.29) is 11.6 Å². The molecule has 56 valence electrons. The highest BCUT2D eigenvalue weighted by Crippen LogP contribution is 2.14. The molecule has 1 rings (SSSR count). The summed E-state index contributed by atoms with van der Waals surface area (Å²) in [5, 5.41) is 2.65. The standard InChI is InChI=1S/C7H11NO2/c1-5-4-7(2,3)8-6(9)10-5/h4H,1-3H3,(H,8,9). The molecule has 3 nitrogen and oxygen atoms in total. The highest BCUT2D eigenvalue weighted by molar-refractivity contribution is 5.71. The molecule has 0 saturated carbocycles. The van der Waals surface area contributed by atoms with E-state index in [1.807, 2.05) is 19.9 Å². The highest BCUT2D eigenvalue weighted by Gasteiger charge is 2.23. The minimum absolute atomic E-state index is 0.264. The fourth-order valence-corrected chi connectivity index (χ4v) is 1.01. The van der Waals surface area contributed by atoms with Crippen LogP contribution in [0.3, 0.4) is 0 Å². The number of alkyl carbamates (subject to hydrolysis) is 1. The van der Waals surface area contributed by atoms with Gasteiger partial charge in [-0.3, -0.25) is 0 Å². The van der Waals surface area contributed by atoms with Gasteiger partial charge in [-0.2, -0.15) is 0 Å². The van der Waals surface area contributed by atoms with Crippen molar-refractivity contribution in [2.75, 3.05) is 0 Å². The van der Waals surface area contributed by atoms with Gasteiger partial charge in [0.2, 0.25) is 0 Å². The normalized spacial score (nSPS) is 22.7. The van der Waals surface area contributed by atoms with Crippen molar-refractivity contribution < 1.29 is 9.53 Å². The lowest BCUT2D eigenvalue weighted by Gasteiger charge is -2.26. The average Bonchev–Trinajstić information content (AvgIpc) is 1.54. The van der Waals surface area contributed by atoms with Crippen LogP contribution in [0.4, 0.5) is 4.79 Å². The first kappa shape index (κ1) is 7.12. The Morgan fingerprint density at radius 3 is 2.60 bits per heavy atom. The molecule has 0 aromatic rings. The molecule has 0 atom stereocenters. The second-order valence-electron chi connectivity index (χ2n) is 2.99. The van der Waals surface area contributed by atoms with Crippen LogP contribution in [0.5, 0.6) is 0 Å². The topological polar surface area (TPSA) is 38.3 Å². The van der Waals surface area contributed by atoms with Crippen molar-refractivity contribution in [1.29, 1.82) is 0 Å². The first-order valence-corrected chi connectivity index (χ1v) is 3.19. The van der Waals surface area contributed by atoms with Crippen LogP contribution in [-0.4, -0.2) is 11.6 Å². The van der Waals surface area contributed by atoms with Gasteiger partial charge in [0, 0.05) is 0 Å². The molecule has 1 heterocycles. The molecule has 0 spiro atoms. The van der Waals surface area contributed by atoms with E-state index in [4.69, 9.17) is 4.74 Å². The zero-order valence-corrected chi connectivity index (χ0v) is 6.39. The Balaban J connectivity index is 2.83. The van der Waals surface area contributed by atoms with Crippen LogP contribution in [0.1, 0.15) is 20.8 Å². The van der Waals surface area contributed by atoms with Crippen LogP contribution in [0.2, 0.25) is 0 Å². The van der Waals surface area contributed by atoms with Gasteiger partial charge in [-0.15, -0.1) is 0 Å². The number of hydrogen-bond donors (Lipinski definition) is 1. The van der Waals surface area contributed by atoms with Crippen LogP contribution >= 0.6 is 0 Å². The zero-order chi connectivity index (χ0) is 7.78. The van der Waals surface area contributed by atoms with Crippen molar-refractivity contribution in [3.05, 3.63) is 11.8 Å². The molecular weight excluding hydrogens is 130 g/mol. The molecule has 1 aliphatic heterocycles. The van der Waals surface area contributed by atoms with Gasteiger partial charge < -0.3 is 10.1 Å². The number of amides is 1. The van der Waals surface area contributed by atoms with Crippen LogP contribution in [0.15, 0.2) is 11.8 Å². The monoisotopic (exact) mass is 141 g/mol. The Hall–Kier alpha value is -0.990. The van der Waals surface area contributed by atoms with Gasteiger partial charge in [-0.25, -0.2) is 4.79 Å². The van der Waals surface area contributed by atoms with Crippen molar-refractivity contribution >= 4 is 6.09 Å².